The van der Waals surface area contributed by atoms with Crippen molar-refractivity contribution >= 4 is 65.6 Å². The third-order valence-corrected chi connectivity index (χ3v) is 11.1. The number of nitrogens with zero attached hydrogens (tertiary/aromatic N) is 3. The average molecular weight is 560 g/mol. The highest BCUT2D eigenvalue weighted by Gasteiger charge is 2.35. The number of carbonyl (C=O) groups is 1. The van der Waals surface area contributed by atoms with Crippen LogP contribution in [0.2, 0.25) is 4.34 Å². The van der Waals surface area contributed by atoms with Gasteiger partial charge in [-0.15, -0.1) is 11.3 Å². The maximum Gasteiger partial charge on any atom is 0.252 e. The number of thiazole rings is 1. The van der Waals surface area contributed by atoms with Crippen molar-refractivity contribution in [3.05, 3.63) is 75.6 Å². The summed E-state index contributed by atoms with van der Waals surface area (Å²) in [6.45, 7) is 5.12. The Morgan fingerprint density at radius 1 is 1.08 bits per heavy atom. The molecule has 0 atom stereocenters. The number of benzene rings is 2. The van der Waals surface area contributed by atoms with Crippen LogP contribution < -0.4 is 4.90 Å². The van der Waals surface area contributed by atoms with Gasteiger partial charge in [0, 0.05) is 19.0 Å². The van der Waals surface area contributed by atoms with Gasteiger partial charge >= 0.3 is 0 Å². The lowest BCUT2D eigenvalue weighted by Crippen LogP contribution is -2.44. The van der Waals surface area contributed by atoms with Crippen molar-refractivity contribution in [2.75, 3.05) is 18.0 Å². The number of carbonyl (C=O) groups excluding carboxylic acids is 1. The Kier molecular flexibility index (Phi) is 7.20. The van der Waals surface area contributed by atoms with E-state index in [4.69, 9.17) is 16.6 Å². The normalized spacial score (nSPS) is 15.4. The summed E-state index contributed by atoms with van der Waals surface area (Å²) >= 11 is 8.54. The first kappa shape index (κ1) is 25.4. The van der Waals surface area contributed by atoms with E-state index in [1.807, 2.05) is 37.3 Å². The minimum atomic E-state index is -3.61. The van der Waals surface area contributed by atoms with Gasteiger partial charge in [-0.25, -0.2) is 13.4 Å². The van der Waals surface area contributed by atoms with Gasteiger partial charge in [-0.1, -0.05) is 59.3 Å². The number of fused-ring (bicyclic) bond motifs is 1. The van der Waals surface area contributed by atoms with Gasteiger partial charge < -0.3 is 0 Å². The number of amides is 1. The van der Waals surface area contributed by atoms with Crippen molar-refractivity contribution in [2.24, 2.45) is 5.92 Å². The smallest absolute Gasteiger partial charge is 0.252 e. The van der Waals surface area contributed by atoms with Crippen molar-refractivity contribution in [1.82, 2.24) is 9.29 Å². The van der Waals surface area contributed by atoms with Crippen LogP contribution in [0.4, 0.5) is 5.13 Å². The maximum absolute atomic E-state index is 13.9. The molecule has 0 N–H and O–H groups in total. The molecule has 0 saturated carbocycles. The van der Waals surface area contributed by atoms with Crippen molar-refractivity contribution in [2.45, 2.75) is 37.4 Å². The Morgan fingerprint density at radius 3 is 2.47 bits per heavy atom. The largest absolute Gasteiger partial charge is 0.283 e. The van der Waals surface area contributed by atoms with Crippen LogP contribution in [0, 0.1) is 19.8 Å². The molecule has 0 radical (unpaired) electrons. The van der Waals surface area contributed by atoms with Crippen LogP contribution in [0.1, 0.15) is 29.5 Å². The SMILES string of the molecule is Cc1cc(C)c2nc(N(Cc3ccccc3)C(=O)C3CCN(S(=O)(=O)c4ccc(Cl)s4)CC3)sc2c1. The Balaban J connectivity index is 1.39. The molecule has 0 spiro atoms. The quantitative estimate of drug-likeness (QED) is 0.279. The summed E-state index contributed by atoms with van der Waals surface area (Å²) in [5.74, 6) is -0.287. The molecule has 5 rings (SSSR count). The van der Waals surface area contributed by atoms with E-state index in [-0.39, 0.29) is 16.0 Å². The highest BCUT2D eigenvalue weighted by molar-refractivity contribution is 7.91. The monoisotopic (exact) mass is 559 g/mol. The van der Waals surface area contributed by atoms with Gasteiger partial charge in [-0.2, -0.15) is 4.31 Å². The second-order valence-electron chi connectivity index (χ2n) is 9.07. The summed E-state index contributed by atoms with van der Waals surface area (Å²) in [6, 6.07) is 17.2. The molecule has 36 heavy (non-hydrogen) atoms. The maximum atomic E-state index is 13.9. The number of rotatable bonds is 6. The van der Waals surface area contributed by atoms with Crippen LogP contribution >= 0.6 is 34.3 Å². The van der Waals surface area contributed by atoms with Crippen molar-refractivity contribution < 1.29 is 13.2 Å². The third-order valence-electron chi connectivity index (χ3n) is 6.44. The third kappa shape index (κ3) is 5.08. The predicted octanol–water partition coefficient (Wildman–Crippen LogP) is 6.26. The van der Waals surface area contributed by atoms with Crippen molar-refractivity contribution in [1.29, 1.82) is 0 Å². The van der Waals surface area contributed by atoms with Gasteiger partial charge in [-0.05, 0) is 61.6 Å². The Hall–Kier alpha value is -2.30. The lowest BCUT2D eigenvalue weighted by Gasteiger charge is -2.32. The highest BCUT2D eigenvalue weighted by Crippen LogP contribution is 2.35. The van der Waals surface area contributed by atoms with Gasteiger partial charge in [0.25, 0.3) is 10.0 Å². The van der Waals surface area contributed by atoms with Gasteiger partial charge in [0.2, 0.25) is 5.91 Å². The van der Waals surface area contributed by atoms with E-state index < -0.39 is 10.0 Å². The molecule has 2 aromatic carbocycles. The summed E-state index contributed by atoms with van der Waals surface area (Å²) in [5.41, 5.74) is 4.19. The summed E-state index contributed by atoms with van der Waals surface area (Å²) in [6.07, 6.45) is 0.928. The Labute approximate surface area is 224 Å². The lowest BCUT2D eigenvalue weighted by molar-refractivity contribution is -0.123. The van der Waals surface area contributed by atoms with E-state index >= 15 is 0 Å². The molecule has 10 heteroatoms. The Morgan fingerprint density at radius 2 is 1.81 bits per heavy atom. The highest BCUT2D eigenvalue weighted by atomic mass is 35.5. The first-order valence-electron chi connectivity index (χ1n) is 11.7. The van der Waals surface area contributed by atoms with Gasteiger partial charge in [0.05, 0.1) is 21.1 Å². The molecule has 2 aromatic heterocycles. The van der Waals surface area contributed by atoms with Crippen LogP contribution in [0.15, 0.2) is 58.8 Å². The van der Waals surface area contributed by atoms with Gasteiger partial charge in [-0.3, -0.25) is 9.69 Å². The molecule has 1 aliphatic rings. The fourth-order valence-electron chi connectivity index (χ4n) is 4.61. The van der Waals surface area contributed by atoms with E-state index in [2.05, 4.69) is 19.1 Å². The first-order valence-corrected chi connectivity index (χ1v) is 15.2. The first-order chi connectivity index (χ1) is 17.2. The van der Waals surface area contributed by atoms with Crippen LogP contribution in [-0.4, -0.2) is 36.7 Å². The average Bonchev–Trinajstić information content (AvgIpc) is 3.50. The van der Waals surface area contributed by atoms with Gasteiger partial charge in [0.15, 0.2) is 5.13 Å². The fourth-order valence-corrected chi connectivity index (χ4v) is 8.86. The lowest BCUT2D eigenvalue weighted by atomic mass is 9.96. The molecule has 0 unspecified atom stereocenters. The summed E-state index contributed by atoms with van der Waals surface area (Å²) in [4.78, 5) is 20.5. The van der Waals surface area contributed by atoms with E-state index in [1.54, 1.807) is 11.0 Å². The summed E-state index contributed by atoms with van der Waals surface area (Å²) in [7, 11) is -3.61. The van der Waals surface area contributed by atoms with E-state index in [0.717, 1.165) is 38.2 Å². The van der Waals surface area contributed by atoms with E-state index in [9.17, 15) is 13.2 Å². The van der Waals surface area contributed by atoms with Crippen LogP contribution in [0.5, 0.6) is 0 Å². The number of hydrogen-bond acceptors (Lipinski definition) is 6. The number of sulfonamides is 1. The Bertz CT molecular complexity index is 1510. The molecule has 0 aliphatic carbocycles. The molecular weight excluding hydrogens is 534 g/mol. The molecule has 1 fully saturated rings. The molecule has 1 aliphatic heterocycles. The molecular formula is C26H26ClN3O3S3. The van der Waals surface area contributed by atoms with Gasteiger partial charge in [0.1, 0.15) is 4.21 Å². The van der Waals surface area contributed by atoms with Crippen molar-refractivity contribution in [3.8, 4) is 0 Å². The van der Waals surface area contributed by atoms with Crippen LogP contribution in [-0.2, 0) is 21.4 Å². The van der Waals surface area contributed by atoms with Crippen LogP contribution in [0.3, 0.4) is 0 Å². The van der Waals surface area contributed by atoms with E-state index in [0.29, 0.717) is 41.9 Å². The molecule has 0 bridgehead atoms. The number of thiophene rings is 1. The molecule has 6 nitrogen and oxygen atoms in total. The molecule has 3 heterocycles. The number of aromatic nitrogens is 1. The number of anilines is 1. The molecule has 1 saturated heterocycles. The molecule has 188 valence electrons. The molecule has 4 aromatic rings. The predicted molar refractivity (Wildman–Crippen MR) is 148 cm³/mol. The standard InChI is InChI=1S/C26H26ClN3O3S3/c1-17-14-18(2)24-21(15-17)34-26(28-24)30(16-19-6-4-3-5-7-19)25(31)20-10-12-29(13-11-20)36(32,33)23-9-8-22(27)35-23/h3-9,14-15,20H,10-13,16H2,1-2H3. The summed E-state index contributed by atoms with van der Waals surface area (Å²) < 4.78 is 29.2. The topological polar surface area (TPSA) is 70.6 Å². The fraction of sp³-hybridized carbons (Fsp3) is 0.308. The van der Waals surface area contributed by atoms with Crippen molar-refractivity contribution in [3.63, 3.8) is 0 Å². The van der Waals surface area contributed by atoms with E-state index in [1.165, 1.54) is 21.7 Å². The number of aryl methyl sites for hydroxylation is 2. The zero-order chi connectivity index (χ0) is 25.4. The zero-order valence-electron chi connectivity index (χ0n) is 20.0. The molecule has 1 amide bonds. The zero-order valence-corrected chi connectivity index (χ0v) is 23.2. The second-order valence-corrected chi connectivity index (χ2v) is 14.0. The summed E-state index contributed by atoms with van der Waals surface area (Å²) in [5, 5.41) is 0.677. The van der Waals surface area contributed by atoms with Crippen LogP contribution in [0.25, 0.3) is 10.2 Å². The minimum absolute atomic E-state index is 0.0106. The minimum Gasteiger partial charge on any atom is -0.283 e. The number of halogens is 1. The second kappa shape index (κ2) is 10.2. The number of piperidine rings is 1. The number of hydrogen-bond donors (Lipinski definition) is 0.